The third-order valence-corrected chi connectivity index (χ3v) is 8.62. The Labute approximate surface area is 61.8 Å². The summed E-state index contributed by atoms with van der Waals surface area (Å²) in [5.41, 5.74) is 0. The number of rotatable bonds is 0. The van der Waals surface area contributed by atoms with Crippen molar-refractivity contribution in [1.29, 1.82) is 0 Å². The molecular formula is C8H14Ge. The second-order valence-corrected chi connectivity index (χ2v) is 11.1. The third kappa shape index (κ3) is 1.72. The van der Waals surface area contributed by atoms with Crippen molar-refractivity contribution in [1.82, 2.24) is 0 Å². The maximum absolute atomic E-state index is 2.44. The van der Waals surface area contributed by atoms with Gasteiger partial charge in [0, 0.05) is 0 Å². The van der Waals surface area contributed by atoms with Crippen LogP contribution in [0.15, 0.2) is 22.0 Å². The number of allylic oxidation sites excluding steroid dienone is 2. The average molecular weight is 183 g/mol. The standard InChI is InChI=1S/C8H14Ge/c1-8(2,3)9-6-4-5-7-9/h4-7,9H,1-3H3. The van der Waals surface area contributed by atoms with E-state index in [1.807, 2.05) is 0 Å². The molecule has 0 N–H and O–H groups in total. The van der Waals surface area contributed by atoms with E-state index >= 15 is 0 Å². The average Bonchev–Trinajstić information content (AvgIpc) is 2.08. The molecule has 1 heterocycles. The summed E-state index contributed by atoms with van der Waals surface area (Å²) in [4.78, 5) is 4.88. The molecule has 0 aromatic carbocycles. The third-order valence-electron chi connectivity index (χ3n) is 1.75. The zero-order chi connectivity index (χ0) is 6.91. The SMILES string of the molecule is C[C](C)(C)[GeH]1[CH]=CC=[CH]1. The monoisotopic (exact) mass is 184 g/mol. The van der Waals surface area contributed by atoms with Crippen molar-refractivity contribution in [3.05, 3.63) is 22.0 Å². The van der Waals surface area contributed by atoms with Crippen molar-refractivity contribution in [3.63, 3.8) is 0 Å². The van der Waals surface area contributed by atoms with Crippen LogP contribution in [-0.2, 0) is 0 Å². The zero-order valence-electron chi connectivity index (χ0n) is 6.39. The van der Waals surface area contributed by atoms with Gasteiger partial charge in [-0.2, -0.15) is 0 Å². The van der Waals surface area contributed by atoms with Crippen molar-refractivity contribution >= 4 is 14.3 Å². The van der Waals surface area contributed by atoms with Gasteiger partial charge in [0.05, 0.1) is 0 Å². The van der Waals surface area contributed by atoms with E-state index in [1.165, 1.54) is 0 Å². The normalized spacial score (nSPS) is 19.4. The molecule has 0 spiro atoms. The van der Waals surface area contributed by atoms with Crippen molar-refractivity contribution < 1.29 is 0 Å². The molecule has 50 valence electrons. The summed E-state index contributed by atoms with van der Waals surface area (Å²) >= 11 is -1.08. The Balaban J connectivity index is 2.64. The van der Waals surface area contributed by atoms with Gasteiger partial charge in [-0.25, -0.2) is 0 Å². The molecule has 0 radical (unpaired) electrons. The van der Waals surface area contributed by atoms with Crippen molar-refractivity contribution in [3.8, 4) is 0 Å². The van der Waals surface area contributed by atoms with E-state index in [-0.39, 0.29) is 0 Å². The van der Waals surface area contributed by atoms with Crippen LogP contribution in [0.4, 0.5) is 0 Å². The number of hydrogen-bond acceptors (Lipinski definition) is 0. The van der Waals surface area contributed by atoms with Gasteiger partial charge in [-0.1, -0.05) is 0 Å². The van der Waals surface area contributed by atoms with Crippen molar-refractivity contribution in [2.45, 2.75) is 25.0 Å². The van der Waals surface area contributed by atoms with Crippen LogP contribution in [0.2, 0.25) is 4.25 Å². The molecule has 0 saturated heterocycles. The van der Waals surface area contributed by atoms with E-state index in [1.54, 1.807) is 0 Å². The Hall–Kier alpha value is 0.0229. The van der Waals surface area contributed by atoms with Gasteiger partial charge in [0.15, 0.2) is 0 Å². The van der Waals surface area contributed by atoms with E-state index in [0.717, 1.165) is 0 Å². The maximum atomic E-state index is 2.44. The molecule has 0 aromatic heterocycles. The van der Waals surface area contributed by atoms with E-state index in [9.17, 15) is 0 Å². The molecule has 0 amide bonds. The van der Waals surface area contributed by atoms with Crippen LogP contribution in [0, 0.1) is 0 Å². The predicted molar refractivity (Wildman–Crippen MR) is 45.1 cm³/mol. The Morgan fingerprint density at radius 3 is 1.67 bits per heavy atom. The zero-order valence-corrected chi connectivity index (χ0v) is 8.81. The summed E-state index contributed by atoms with van der Waals surface area (Å²) in [6.07, 6.45) is 4.41. The van der Waals surface area contributed by atoms with Crippen LogP contribution in [0.3, 0.4) is 0 Å². The fourth-order valence-electron chi connectivity index (χ4n) is 1.01. The van der Waals surface area contributed by atoms with E-state index < -0.39 is 14.3 Å². The molecule has 1 aliphatic rings. The second kappa shape index (κ2) is 2.33. The molecule has 0 fully saturated rings. The van der Waals surface area contributed by atoms with Crippen molar-refractivity contribution in [2.24, 2.45) is 0 Å². The van der Waals surface area contributed by atoms with Crippen molar-refractivity contribution in [2.75, 3.05) is 0 Å². The molecule has 0 saturated carbocycles. The Morgan fingerprint density at radius 1 is 1.00 bits per heavy atom. The van der Waals surface area contributed by atoms with Gasteiger partial charge >= 0.3 is 61.3 Å². The Morgan fingerprint density at radius 2 is 1.44 bits per heavy atom. The minimum atomic E-state index is -1.08. The summed E-state index contributed by atoms with van der Waals surface area (Å²) in [5, 5.41) is 0. The first-order chi connectivity index (χ1) is 4.11. The van der Waals surface area contributed by atoms with Gasteiger partial charge in [-0.3, -0.25) is 0 Å². The first-order valence-electron chi connectivity index (χ1n) is 3.46. The fourth-order valence-corrected chi connectivity index (χ4v) is 5.24. The van der Waals surface area contributed by atoms with Gasteiger partial charge in [0.25, 0.3) is 0 Å². The molecule has 0 unspecified atom stereocenters. The molecule has 1 heteroatoms. The Kier molecular flexibility index (Phi) is 1.85. The summed E-state index contributed by atoms with van der Waals surface area (Å²) < 4.78 is 0.594. The van der Waals surface area contributed by atoms with Gasteiger partial charge in [0.1, 0.15) is 0 Å². The van der Waals surface area contributed by atoms with Crippen LogP contribution in [0.1, 0.15) is 20.8 Å². The minimum absolute atomic E-state index is 0.594. The van der Waals surface area contributed by atoms with E-state index in [2.05, 4.69) is 42.7 Å². The summed E-state index contributed by atoms with van der Waals surface area (Å²) in [7, 11) is 0. The molecule has 9 heavy (non-hydrogen) atoms. The van der Waals surface area contributed by atoms with Gasteiger partial charge < -0.3 is 0 Å². The quantitative estimate of drug-likeness (QED) is 0.505. The van der Waals surface area contributed by atoms with Gasteiger partial charge in [-0.05, 0) is 0 Å². The first kappa shape index (κ1) is 7.13. The molecule has 1 rings (SSSR count). The van der Waals surface area contributed by atoms with Gasteiger partial charge in [-0.15, -0.1) is 0 Å². The summed E-state index contributed by atoms with van der Waals surface area (Å²) in [6.45, 7) is 7.03. The van der Waals surface area contributed by atoms with Crippen LogP contribution < -0.4 is 0 Å². The molecular weight excluding hydrogens is 169 g/mol. The summed E-state index contributed by atoms with van der Waals surface area (Å²) in [5.74, 6) is 0. The van der Waals surface area contributed by atoms with Gasteiger partial charge in [0.2, 0.25) is 0 Å². The van der Waals surface area contributed by atoms with E-state index in [0.29, 0.717) is 4.25 Å². The Bertz CT molecular complexity index is 136. The van der Waals surface area contributed by atoms with Crippen LogP contribution >= 0.6 is 0 Å². The van der Waals surface area contributed by atoms with Crippen LogP contribution in [0.25, 0.3) is 0 Å². The molecule has 0 bridgehead atoms. The van der Waals surface area contributed by atoms with E-state index in [4.69, 9.17) is 0 Å². The molecule has 0 aliphatic carbocycles. The number of hydrogen-bond donors (Lipinski definition) is 0. The molecule has 0 atom stereocenters. The topological polar surface area (TPSA) is 0 Å². The van der Waals surface area contributed by atoms with Crippen LogP contribution in [-0.4, -0.2) is 14.3 Å². The van der Waals surface area contributed by atoms with Crippen LogP contribution in [0.5, 0.6) is 0 Å². The molecule has 0 nitrogen and oxygen atoms in total. The summed E-state index contributed by atoms with van der Waals surface area (Å²) in [6, 6.07) is 0. The second-order valence-electron chi connectivity index (χ2n) is 3.66. The molecule has 1 aliphatic heterocycles. The molecule has 0 aromatic rings. The fraction of sp³-hybridized carbons (Fsp3) is 0.500. The first-order valence-corrected chi connectivity index (χ1v) is 7.46. The predicted octanol–water partition coefficient (Wildman–Crippen LogP) is 2.22.